The largest absolute Gasteiger partial charge is 0.480 e. The lowest BCUT2D eigenvalue weighted by Gasteiger charge is -2.34. The van der Waals surface area contributed by atoms with Crippen molar-refractivity contribution in [2.24, 2.45) is 11.8 Å². The number of hydrogen-bond acceptors (Lipinski definition) is 2. The van der Waals surface area contributed by atoms with Crippen LogP contribution in [0.25, 0.3) is 0 Å². The second-order valence-corrected chi connectivity index (χ2v) is 5.91. The number of aliphatic carboxylic acids is 1. The van der Waals surface area contributed by atoms with E-state index < -0.39 is 11.5 Å². The van der Waals surface area contributed by atoms with Gasteiger partial charge in [0.25, 0.3) is 0 Å². The summed E-state index contributed by atoms with van der Waals surface area (Å²) in [6.45, 7) is 5.21. The molecule has 1 saturated heterocycles. The molecule has 0 aromatic heterocycles. The number of carboxylic acid groups (broad SMARTS) is 1. The molecule has 2 rings (SSSR count). The molecule has 0 bridgehead atoms. The fraction of sp³-hybridized carbons (Fsp3) is 0.846. The predicted molar refractivity (Wildman–Crippen MR) is 67.3 cm³/mol. The molecule has 2 atom stereocenters. The quantitative estimate of drug-likeness (QED) is 0.805. The number of nitrogens with one attached hydrogen (secondary N) is 1. The highest BCUT2D eigenvalue weighted by atomic mass is 16.4. The predicted octanol–water partition coefficient (Wildman–Crippen LogP) is 1.68. The van der Waals surface area contributed by atoms with Crippen LogP contribution in [-0.4, -0.2) is 40.6 Å². The van der Waals surface area contributed by atoms with Gasteiger partial charge < -0.3 is 15.3 Å². The fourth-order valence-electron chi connectivity index (χ4n) is 2.67. The number of rotatable bonds is 3. The van der Waals surface area contributed by atoms with E-state index in [1.807, 2.05) is 0 Å². The minimum absolute atomic E-state index is 0.0844. The third-order valence-electron chi connectivity index (χ3n) is 4.15. The number of carboxylic acids is 1. The Kier molecular flexibility index (Phi) is 3.50. The van der Waals surface area contributed by atoms with Crippen LogP contribution in [0.1, 0.15) is 39.5 Å². The second kappa shape index (κ2) is 4.78. The van der Waals surface area contributed by atoms with Gasteiger partial charge in [-0.05, 0) is 44.4 Å². The lowest BCUT2D eigenvalue weighted by Crippen LogP contribution is -2.58. The van der Waals surface area contributed by atoms with Gasteiger partial charge in [-0.2, -0.15) is 0 Å². The molecular weight excluding hydrogens is 232 g/mol. The van der Waals surface area contributed by atoms with Crippen LogP contribution in [-0.2, 0) is 4.79 Å². The molecule has 2 amide bonds. The van der Waals surface area contributed by atoms with Gasteiger partial charge in [0.15, 0.2) is 0 Å². The number of carbonyl (C=O) groups excluding carboxylic acids is 1. The van der Waals surface area contributed by atoms with E-state index in [2.05, 4.69) is 12.2 Å². The van der Waals surface area contributed by atoms with Crippen LogP contribution in [0.15, 0.2) is 0 Å². The van der Waals surface area contributed by atoms with E-state index >= 15 is 0 Å². The van der Waals surface area contributed by atoms with E-state index in [0.29, 0.717) is 5.92 Å². The highest BCUT2D eigenvalue weighted by Crippen LogP contribution is 2.39. The molecule has 2 fully saturated rings. The number of piperidine rings is 1. The molecule has 1 aliphatic heterocycles. The van der Waals surface area contributed by atoms with Crippen molar-refractivity contribution >= 4 is 12.0 Å². The molecule has 5 heteroatoms. The van der Waals surface area contributed by atoms with E-state index in [0.717, 1.165) is 38.8 Å². The number of urea groups is 1. The lowest BCUT2D eigenvalue weighted by molar-refractivity contribution is -0.144. The summed E-state index contributed by atoms with van der Waals surface area (Å²) < 4.78 is 0. The third-order valence-corrected chi connectivity index (χ3v) is 4.15. The Bertz CT molecular complexity index is 354. The first-order valence-electron chi connectivity index (χ1n) is 6.74. The summed E-state index contributed by atoms with van der Waals surface area (Å²) in [5.41, 5.74) is -1.10. The van der Waals surface area contributed by atoms with Crippen molar-refractivity contribution in [2.45, 2.75) is 45.1 Å². The highest BCUT2D eigenvalue weighted by Gasteiger charge is 2.49. The number of likely N-dealkylation sites (tertiary alicyclic amines) is 1. The summed E-state index contributed by atoms with van der Waals surface area (Å²) in [7, 11) is 0. The Balaban J connectivity index is 1.98. The summed E-state index contributed by atoms with van der Waals surface area (Å²) in [5, 5.41) is 12.0. The summed E-state index contributed by atoms with van der Waals surface area (Å²) in [4.78, 5) is 25.2. The monoisotopic (exact) mass is 254 g/mol. The number of nitrogens with zero attached hydrogens (tertiary/aromatic N) is 1. The molecule has 1 heterocycles. The SMILES string of the molecule is CC1CCCN(C(=O)NC(C)(C(=O)O)C2CC2)C1. The molecular formula is C13H22N2O3. The lowest BCUT2D eigenvalue weighted by atomic mass is 9.96. The van der Waals surface area contributed by atoms with E-state index in [1.165, 1.54) is 0 Å². The Morgan fingerprint density at radius 2 is 2.00 bits per heavy atom. The first kappa shape index (κ1) is 13.2. The zero-order valence-corrected chi connectivity index (χ0v) is 11.1. The molecule has 0 aromatic carbocycles. The van der Waals surface area contributed by atoms with Crippen molar-refractivity contribution in [1.82, 2.24) is 10.2 Å². The van der Waals surface area contributed by atoms with Gasteiger partial charge in [-0.1, -0.05) is 6.92 Å². The Morgan fingerprint density at radius 1 is 1.33 bits per heavy atom. The van der Waals surface area contributed by atoms with Crippen LogP contribution in [0.4, 0.5) is 4.79 Å². The van der Waals surface area contributed by atoms with Crippen molar-refractivity contribution in [1.29, 1.82) is 0 Å². The molecule has 2 N–H and O–H groups in total. The second-order valence-electron chi connectivity index (χ2n) is 5.91. The van der Waals surface area contributed by atoms with E-state index in [-0.39, 0.29) is 11.9 Å². The molecule has 18 heavy (non-hydrogen) atoms. The van der Waals surface area contributed by atoms with Crippen molar-refractivity contribution < 1.29 is 14.7 Å². The Morgan fingerprint density at radius 3 is 2.50 bits per heavy atom. The summed E-state index contributed by atoms with van der Waals surface area (Å²) in [6, 6.07) is -0.224. The van der Waals surface area contributed by atoms with Crippen LogP contribution in [0, 0.1) is 11.8 Å². The molecule has 1 saturated carbocycles. The van der Waals surface area contributed by atoms with E-state index in [4.69, 9.17) is 0 Å². The van der Waals surface area contributed by atoms with Gasteiger partial charge in [0.05, 0.1) is 0 Å². The zero-order valence-electron chi connectivity index (χ0n) is 11.1. The van der Waals surface area contributed by atoms with E-state index in [9.17, 15) is 14.7 Å². The summed E-state index contributed by atoms with van der Waals surface area (Å²) >= 11 is 0. The first-order chi connectivity index (χ1) is 8.43. The van der Waals surface area contributed by atoms with E-state index in [1.54, 1.807) is 11.8 Å². The van der Waals surface area contributed by atoms with Gasteiger partial charge in [-0.25, -0.2) is 9.59 Å². The minimum Gasteiger partial charge on any atom is -0.480 e. The van der Waals surface area contributed by atoms with Gasteiger partial charge in [-0.15, -0.1) is 0 Å². The topological polar surface area (TPSA) is 69.6 Å². The van der Waals surface area contributed by atoms with Crippen molar-refractivity contribution in [3.05, 3.63) is 0 Å². The maximum atomic E-state index is 12.1. The van der Waals surface area contributed by atoms with Gasteiger partial charge in [0.1, 0.15) is 5.54 Å². The normalized spacial score (nSPS) is 27.4. The summed E-state index contributed by atoms with van der Waals surface area (Å²) in [6.07, 6.45) is 3.92. The van der Waals surface area contributed by atoms with Crippen molar-refractivity contribution in [2.75, 3.05) is 13.1 Å². The minimum atomic E-state index is -1.10. The van der Waals surface area contributed by atoms with Crippen LogP contribution in [0.5, 0.6) is 0 Å². The van der Waals surface area contributed by atoms with Gasteiger partial charge in [-0.3, -0.25) is 0 Å². The zero-order chi connectivity index (χ0) is 13.3. The van der Waals surface area contributed by atoms with Crippen LogP contribution >= 0.6 is 0 Å². The Hall–Kier alpha value is -1.26. The van der Waals surface area contributed by atoms with Crippen LogP contribution in [0.3, 0.4) is 0 Å². The van der Waals surface area contributed by atoms with Crippen LogP contribution in [0.2, 0.25) is 0 Å². The fourth-order valence-corrected chi connectivity index (χ4v) is 2.67. The molecule has 2 aliphatic rings. The van der Waals surface area contributed by atoms with Gasteiger partial charge in [0, 0.05) is 13.1 Å². The molecule has 102 valence electrons. The number of carbonyl (C=O) groups is 2. The molecule has 5 nitrogen and oxygen atoms in total. The first-order valence-corrected chi connectivity index (χ1v) is 6.74. The maximum Gasteiger partial charge on any atom is 0.329 e. The average molecular weight is 254 g/mol. The standard InChI is InChI=1S/C13H22N2O3/c1-9-4-3-7-15(8-9)12(18)14-13(2,11(16)17)10-5-6-10/h9-10H,3-8H2,1-2H3,(H,14,18)(H,16,17). The summed E-state index contributed by atoms with van der Waals surface area (Å²) in [5.74, 6) is -0.342. The smallest absolute Gasteiger partial charge is 0.329 e. The van der Waals surface area contributed by atoms with Gasteiger partial charge >= 0.3 is 12.0 Å². The van der Waals surface area contributed by atoms with Crippen molar-refractivity contribution in [3.63, 3.8) is 0 Å². The van der Waals surface area contributed by atoms with Crippen LogP contribution < -0.4 is 5.32 Å². The van der Waals surface area contributed by atoms with Gasteiger partial charge in [0.2, 0.25) is 0 Å². The highest BCUT2D eigenvalue weighted by molar-refractivity contribution is 5.86. The molecule has 0 radical (unpaired) electrons. The molecule has 2 unspecified atom stereocenters. The maximum absolute atomic E-state index is 12.1. The van der Waals surface area contributed by atoms with Crippen molar-refractivity contribution in [3.8, 4) is 0 Å². The third kappa shape index (κ3) is 2.60. The Labute approximate surface area is 108 Å². The average Bonchev–Trinajstić information content (AvgIpc) is 3.12. The molecule has 1 aliphatic carbocycles. The number of amides is 2. The molecule has 0 aromatic rings. The number of hydrogen-bond donors (Lipinski definition) is 2. The molecule has 0 spiro atoms.